The van der Waals surface area contributed by atoms with Gasteiger partial charge in [0, 0.05) is 12.6 Å². The van der Waals surface area contributed by atoms with Gasteiger partial charge in [-0.15, -0.1) is 0 Å². The summed E-state index contributed by atoms with van der Waals surface area (Å²) in [5.41, 5.74) is 0.840. The lowest BCUT2D eigenvalue weighted by molar-refractivity contribution is 0.431. The van der Waals surface area contributed by atoms with Crippen LogP contribution in [0.1, 0.15) is 6.42 Å². The molecule has 0 unspecified atom stereocenters. The summed E-state index contributed by atoms with van der Waals surface area (Å²) in [6, 6.07) is 3.07. The molecule has 0 amide bonds. The summed E-state index contributed by atoms with van der Waals surface area (Å²) in [5, 5.41) is 6.39. The fourth-order valence-corrected chi connectivity index (χ4v) is 2.93. The molecule has 3 heterocycles. The van der Waals surface area contributed by atoms with Gasteiger partial charge in [0.2, 0.25) is 11.8 Å². The Kier molecular flexibility index (Phi) is 4.71. The molecule has 7 nitrogen and oxygen atoms in total. The fourth-order valence-electron chi connectivity index (χ4n) is 2.63. The summed E-state index contributed by atoms with van der Waals surface area (Å²) < 4.78 is 19.8. The monoisotopic (exact) mass is 394 g/mol. The zero-order valence-corrected chi connectivity index (χ0v) is 14.9. The van der Waals surface area contributed by atoms with E-state index in [2.05, 4.69) is 30.6 Å². The second kappa shape index (κ2) is 7.14. The Bertz CT molecular complexity index is 967. The van der Waals surface area contributed by atoms with Crippen molar-refractivity contribution in [2.45, 2.75) is 12.5 Å². The predicted octanol–water partition coefficient (Wildman–Crippen LogP) is 3.43. The van der Waals surface area contributed by atoms with Crippen LogP contribution in [0.5, 0.6) is 11.6 Å². The number of nitrogens with one attached hydrogen (secondary N) is 2. The molecule has 0 radical (unpaired) electrons. The zero-order valence-electron chi connectivity index (χ0n) is 13.3. The molecular formula is C16H13Cl2FN6O. The molecule has 0 aliphatic carbocycles. The Morgan fingerprint density at radius 3 is 2.92 bits per heavy atom. The third-order valence-corrected chi connectivity index (χ3v) is 4.72. The van der Waals surface area contributed by atoms with Crippen LogP contribution in [0, 0.1) is 5.82 Å². The van der Waals surface area contributed by atoms with E-state index in [1.54, 1.807) is 6.20 Å². The molecule has 1 fully saturated rings. The second-order valence-corrected chi connectivity index (χ2v) is 6.50. The van der Waals surface area contributed by atoms with E-state index >= 15 is 0 Å². The molecule has 134 valence electrons. The summed E-state index contributed by atoms with van der Waals surface area (Å²) >= 11 is 11.6. The summed E-state index contributed by atoms with van der Waals surface area (Å²) in [4.78, 5) is 16.9. The van der Waals surface area contributed by atoms with Gasteiger partial charge in [-0.25, -0.2) is 19.3 Å². The topological polar surface area (TPSA) is 84.9 Å². The number of halogens is 3. The van der Waals surface area contributed by atoms with Gasteiger partial charge in [-0.3, -0.25) is 0 Å². The maximum atomic E-state index is 14.3. The molecular weight excluding hydrogens is 382 g/mol. The van der Waals surface area contributed by atoms with Gasteiger partial charge in [0.25, 0.3) is 0 Å². The Hall–Kier alpha value is -2.29. The molecule has 1 aromatic carbocycles. The van der Waals surface area contributed by atoms with E-state index < -0.39 is 5.82 Å². The molecule has 1 saturated heterocycles. The van der Waals surface area contributed by atoms with Crippen molar-refractivity contribution in [2.24, 2.45) is 0 Å². The minimum absolute atomic E-state index is 0.0993. The number of aromatic nitrogens is 4. The van der Waals surface area contributed by atoms with Gasteiger partial charge in [-0.1, -0.05) is 23.2 Å². The normalized spacial score (nSPS) is 16.8. The van der Waals surface area contributed by atoms with Crippen molar-refractivity contribution in [3.8, 4) is 11.6 Å². The highest BCUT2D eigenvalue weighted by Gasteiger charge is 2.18. The van der Waals surface area contributed by atoms with Gasteiger partial charge in [0.15, 0.2) is 17.1 Å². The van der Waals surface area contributed by atoms with E-state index in [0.717, 1.165) is 19.5 Å². The first-order valence-electron chi connectivity index (χ1n) is 7.88. The van der Waals surface area contributed by atoms with Crippen molar-refractivity contribution in [3.63, 3.8) is 0 Å². The van der Waals surface area contributed by atoms with Gasteiger partial charge < -0.3 is 15.4 Å². The van der Waals surface area contributed by atoms with Crippen molar-refractivity contribution in [1.29, 1.82) is 0 Å². The maximum Gasteiger partial charge on any atom is 0.249 e. The molecule has 1 aliphatic rings. The number of hydrogen-bond acceptors (Lipinski definition) is 7. The Balaban J connectivity index is 1.69. The van der Waals surface area contributed by atoms with E-state index in [9.17, 15) is 4.39 Å². The lowest BCUT2D eigenvalue weighted by Crippen LogP contribution is -2.23. The van der Waals surface area contributed by atoms with Crippen LogP contribution in [0.4, 0.5) is 10.3 Å². The molecule has 2 aromatic heterocycles. The largest absolute Gasteiger partial charge is 0.434 e. The van der Waals surface area contributed by atoms with Crippen molar-refractivity contribution < 1.29 is 9.13 Å². The quantitative estimate of drug-likeness (QED) is 0.655. The average Bonchev–Trinajstić information content (AvgIpc) is 3.15. The summed E-state index contributed by atoms with van der Waals surface area (Å²) in [7, 11) is 0. The minimum atomic E-state index is -0.768. The van der Waals surface area contributed by atoms with Gasteiger partial charge in [-0.05, 0) is 25.1 Å². The number of hydrogen-bond donors (Lipinski definition) is 2. The van der Waals surface area contributed by atoms with E-state index in [4.69, 9.17) is 27.9 Å². The predicted molar refractivity (Wildman–Crippen MR) is 96.5 cm³/mol. The highest BCUT2D eigenvalue weighted by molar-refractivity contribution is 6.42. The van der Waals surface area contributed by atoms with Crippen molar-refractivity contribution in [2.75, 3.05) is 18.4 Å². The number of nitrogens with zero attached hydrogens (tertiary/aromatic N) is 4. The van der Waals surface area contributed by atoms with E-state index in [-0.39, 0.29) is 27.7 Å². The van der Waals surface area contributed by atoms with E-state index in [1.165, 1.54) is 18.5 Å². The smallest absolute Gasteiger partial charge is 0.249 e. The van der Waals surface area contributed by atoms with Crippen LogP contribution in [0.2, 0.25) is 10.0 Å². The van der Waals surface area contributed by atoms with Crippen LogP contribution in [-0.2, 0) is 0 Å². The molecule has 1 atom stereocenters. The van der Waals surface area contributed by atoms with Crippen LogP contribution in [0.15, 0.2) is 24.7 Å². The molecule has 10 heteroatoms. The van der Waals surface area contributed by atoms with Gasteiger partial charge in [0.05, 0.1) is 16.2 Å². The number of benzene rings is 1. The molecule has 26 heavy (non-hydrogen) atoms. The third-order valence-electron chi connectivity index (χ3n) is 3.94. The first kappa shape index (κ1) is 17.1. The van der Waals surface area contributed by atoms with Crippen molar-refractivity contribution in [3.05, 3.63) is 40.5 Å². The van der Waals surface area contributed by atoms with Gasteiger partial charge >= 0.3 is 0 Å². The van der Waals surface area contributed by atoms with Gasteiger partial charge in [-0.2, -0.15) is 4.98 Å². The van der Waals surface area contributed by atoms with Gasteiger partial charge in [0.1, 0.15) is 11.8 Å². The molecule has 4 rings (SSSR count). The second-order valence-electron chi connectivity index (χ2n) is 5.72. The maximum absolute atomic E-state index is 14.3. The van der Waals surface area contributed by atoms with Crippen LogP contribution in [-0.4, -0.2) is 39.1 Å². The number of fused-ring (bicyclic) bond motifs is 1. The Labute approximate surface area is 157 Å². The molecule has 2 N–H and O–H groups in total. The highest BCUT2D eigenvalue weighted by atomic mass is 35.5. The number of anilines is 1. The molecule has 0 saturated carbocycles. The number of ether oxygens (including phenoxy) is 1. The van der Waals surface area contributed by atoms with Crippen LogP contribution < -0.4 is 15.4 Å². The first-order valence-corrected chi connectivity index (χ1v) is 8.64. The molecule has 0 bridgehead atoms. The number of rotatable bonds is 4. The van der Waals surface area contributed by atoms with Crippen LogP contribution in [0.25, 0.3) is 11.0 Å². The van der Waals surface area contributed by atoms with E-state index in [1.807, 2.05) is 0 Å². The average molecular weight is 395 g/mol. The van der Waals surface area contributed by atoms with Crippen LogP contribution in [0.3, 0.4) is 0 Å². The third kappa shape index (κ3) is 3.35. The van der Waals surface area contributed by atoms with Crippen LogP contribution >= 0.6 is 23.2 Å². The van der Waals surface area contributed by atoms with Crippen molar-refractivity contribution in [1.82, 2.24) is 25.3 Å². The Morgan fingerprint density at radius 2 is 2.12 bits per heavy atom. The molecule has 0 spiro atoms. The summed E-state index contributed by atoms with van der Waals surface area (Å²) in [5.74, 6) is -0.342. The molecule has 3 aromatic rings. The Morgan fingerprint density at radius 1 is 1.23 bits per heavy atom. The SMILES string of the molecule is Fc1c(Oc2ncnc3cnc(N[C@H]4CCNC4)nc23)ccc(Cl)c1Cl. The minimum Gasteiger partial charge on any atom is -0.434 e. The lowest BCUT2D eigenvalue weighted by atomic mass is 10.3. The standard InChI is InChI=1S/C16H13Cl2FN6O/c17-9-1-2-11(13(19)12(9)18)26-15-14-10(22-7-23-15)6-21-16(25-14)24-8-3-4-20-5-8/h1-2,6-8,20H,3-5H2,(H,21,24,25)/t8-/m0/s1. The summed E-state index contributed by atoms with van der Waals surface area (Å²) in [6.07, 6.45) is 3.84. The highest BCUT2D eigenvalue weighted by Crippen LogP contribution is 2.34. The molecule has 1 aliphatic heterocycles. The van der Waals surface area contributed by atoms with E-state index in [0.29, 0.717) is 17.0 Å². The zero-order chi connectivity index (χ0) is 18.1. The fraction of sp³-hybridized carbons (Fsp3) is 0.250. The lowest BCUT2D eigenvalue weighted by Gasteiger charge is -2.12. The first-order chi connectivity index (χ1) is 12.6. The summed E-state index contributed by atoms with van der Waals surface area (Å²) in [6.45, 7) is 1.78. The van der Waals surface area contributed by atoms with Crippen molar-refractivity contribution >= 4 is 40.2 Å².